The molecule has 1 N–H and O–H groups in total. The fraction of sp³-hybridized carbons (Fsp3) is 0.619. The molecule has 1 rings (SSSR count). The van der Waals surface area contributed by atoms with E-state index in [1.807, 2.05) is 6.07 Å². The molecule has 0 saturated heterocycles. The molecular formula is C21H33O4P. The van der Waals surface area contributed by atoms with Gasteiger partial charge >= 0.3 is 5.97 Å². The van der Waals surface area contributed by atoms with Crippen molar-refractivity contribution in [3.8, 4) is 0 Å². The van der Waals surface area contributed by atoms with Gasteiger partial charge in [0.15, 0.2) is 0 Å². The summed E-state index contributed by atoms with van der Waals surface area (Å²) >= 11 is 0. The number of esters is 1. The van der Waals surface area contributed by atoms with Crippen LogP contribution in [0.15, 0.2) is 30.3 Å². The molecule has 0 spiro atoms. The topological polar surface area (TPSA) is 69.6 Å². The molecule has 0 aliphatic carbocycles. The van der Waals surface area contributed by atoms with Crippen LogP contribution in [-0.4, -0.2) is 29.6 Å². The highest BCUT2D eigenvalue weighted by Gasteiger charge is 2.22. The molecule has 0 heterocycles. The number of hydrogen-bond acceptors (Lipinski definition) is 4. The smallest absolute Gasteiger partial charge is 0.379 e. The van der Waals surface area contributed by atoms with Crippen LogP contribution in [0.1, 0.15) is 71.1 Å². The monoisotopic (exact) mass is 380 g/mol. The maximum atomic E-state index is 12.4. The predicted octanol–water partition coefficient (Wildman–Crippen LogP) is 3.70. The van der Waals surface area contributed by atoms with Crippen molar-refractivity contribution in [3.05, 3.63) is 30.3 Å². The third kappa shape index (κ3) is 9.47. The molecule has 0 fully saturated rings. The molecule has 1 unspecified atom stereocenters. The Balaban J connectivity index is 2.19. The number of aliphatic hydroxyl groups is 1. The van der Waals surface area contributed by atoms with Crippen LogP contribution in [-0.2, 0) is 9.53 Å². The Labute approximate surface area is 159 Å². The first-order chi connectivity index (χ1) is 12.7. The summed E-state index contributed by atoms with van der Waals surface area (Å²) in [5.74, 6) is -0.645. The summed E-state index contributed by atoms with van der Waals surface area (Å²) in [6.45, 7) is 2.01. The summed E-state index contributed by atoms with van der Waals surface area (Å²) in [7, 11) is -2.08. The third-order valence-corrected chi connectivity index (χ3v) is 5.93. The molecule has 0 radical (unpaired) electrons. The van der Waals surface area contributed by atoms with E-state index in [-0.39, 0.29) is 5.29 Å². The Kier molecular flexibility index (Phi) is 13.1. The number of unbranched alkanes of at least 4 members (excludes halogenated alkanes) is 9. The van der Waals surface area contributed by atoms with Gasteiger partial charge in [-0.15, -0.1) is 0 Å². The molecule has 0 amide bonds. The second-order valence-electron chi connectivity index (χ2n) is 6.55. The summed E-state index contributed by atoms with van der Waals surface area (Å²) in [5, 5.41) is 9.86. The molecular weight excluding hydrogens is 347 g/mol. The highest BCUT2D eigenvalue weighted by molar-refractivity contribution is 7.61. The van der Waals surface area contributed by atoms with Crippen LogP contribution in [0.25, 0.3) is 0 Å². The minimum absolute atomic E-state index is 0.0571. The van der Waals surface area contributed by atoms with Gasteiger partial charge in [-0.25, -0.2) is 4.79 Å². The maximum absolute atomic E-state index is 12.4. The van der Waals surface area contributed by atoms with Crippen molar-refractivity contribution in [1.82, 2.24) is 0 Å². The van der Waals surface area contributed by atoms with Crippen LogP contribution in [0.3, 0.4) is 0 Å². The quantitative estimate of drug-likeness (QED) is 0.304. The number of ether oxygens (including phenoxy) is 1. The summed E-state index contributed by atoms with van der Waals surface area (Å²) in [6, 6.07) is 8.70. The molecule has 0 aliphatic rings. The molecule has 26 heavy (non-hydrogen) atoms. The van der Waals surface area contributed by atoms with Crippen molar-refractivity contribution in [2.24, 2.45) is 0 Å². The minimum atomic E-state index is -2.08. The first kappa shape index (κ1) is 22.8. The van der Waals surface area contributed by atoms with Gasteiger partial charge in [-0.05, 0) is 18.6 Å². The predicted molar refractivity (Wildman–Crippen MR) is 108 cm³/mol. The van der Waals surface area contributed by atoms with Gasteiger partial charge in [0.1, 0.15) is 19.7 Å². The van der Waals surface area contributed by atoms with E-state index in [0.29, 0.717) is 11.9 Å². The van der Waals surface area contributed by atoms with Gasteiger partial charge in [0.05, 0.1) is 6.61 Å². The van der Waals surface area contributed by atoms with Crippen molar-refractivity contribution >= 4 is 24.3 Å². The Morgan fingerprint density at radius 3 is 2.04 bits per heavy atom. The normalized spacial score (nSPS) is 12.0. The molecule has 0 aliphatic heterocycles. The number of aliphatic hydroxyl groups excluding tert-OH is 1. The first-order valence-electron chi connectivity index (χ1n) is 9.86. The van der Waals surface area contributed by atoms with Crippen LogP contribution >= 0.6 is 7.77 Å². The van der Waals surface area contributed by atoms with E-state index < -0.39 is 20.3 Å². The van der Waals surface area contributed by atoms with E-state index in [1.54, 1.807) is 24.3 Å². The van der Waals surface area contributed by atoms with Crippen molar-refractivity contribution in [2.75, 3.05) is 13.2 Å². The van der Waals surface area contributed by atoms with Crippen LogP contribution in [0.4, 0.5) is 0 Å². The number of carbonyl (C=O) groups is 1. The zero-order chi connectivity index (χ0) is 19.0. The molecule has 5 heteroatoms. The second-order valence-corrected chi connectivity index (χ2v) is 8.20. The van der Waals surface area contributed by atoms with Crippen LogP contribution in [0, 0.1) is 0 Å². The molecule has 146 valence electrons. The van der Waals surface area contributed by atoms with Gasteiger partial charge in [-0.1, -0.05) is 82.9 Å². The molecule has 1 aromatic carbocycles. The molecule has 4 nitrogen and oxygen atoms in total. The summed E-state index contributed by atoms with van der Waals surface area (Å²) in [5.41, 5.74) is 0. The van der Waals surface area contributed by atoms with Crippen molar-refractivity contribution < 1.29 is 19.5 Å². The fourth-order valence-corrected chi connectivity index (χ4v) is 3.88. The van der Waals surface area contributed by atoms with E-state index in [2.05, 4.69) is 6.92 Å². The lowest BCUT2D eigenvalue weighted by atomic mass is 10.1. The largest absolute Gasteiger partial charge is 0.625 e. The van der Waals surface area contributed by atoms with Crippen LogP contribution in [0.2, 0.25) is 0 Å². The molecule has 1 atom stereocenters. The lowest BCUT2D eigenvalue weighted by Crippen LogP contribution is -2.25. The standard InChI is InChI=1S/C21H33O4P/c1-2-3-4-5-6-7-8-9-10-14-17-25-21(23)20(18-22)26(24)19-15-12-11-13-16-19/h11-13,15-16,22H,2-10,14,17-18H2,1H3. The Hall–Kier alpha value is -1.22. The molecule has 0 bridgehead atoms. The number of hydrogen-bond donors (Lipinski definition) is 1. The highest BCUT2D eigenvalue weighted by atomic mass is 31.1. The molecule has 0 aromatic heterocycles. The average Bonchev–Trinajstić information content (AvgIpc) is 2.67. The lowest BCUT2D eigenvalue weighted by molar-refractivity contribution is -0.150. The van der Waals surface area contributed by atoms with E-state index >= 15 is 0 Å². The SMILES string of the molecule is CCCCCCCCCCCCOC(=O)C(CO)=[P+]([O-])c1ccccc1. The minimum Gasteiger partial charge on any atom is -0.625 e. The van der Waals surface area contributed by atoms with Crippen LogP contribution < -0.4 is 10.2 Å². The van der Waals surface area contributed by atoms with E-state index in [1.165, 1.54) is 44.9 Å². The van der Waals surface area contributed by atoms with E-state index in [4.69, 9.17) is 4.74 Å². The van der Waals surface area contributed by atoms with Crippen molar-refractivity contribution in [3.63, 3.8) is 0 Å². The van der Waals surface area contributed by atoms with E-state index in [9.17, 15) is 14.8 Å². The zero-order valence-corrected chi connectivity index (χ0v) is 16.9. The summed E-state index contributed by atoms with van der Waals surface area (Å²) < 4.78 is 5.19. The highest BCUT2D eigenvalue weighted by Crippen LogP contribution is 2.15. The third-order valence-electron chi connectivity index (χ3n) is 4.35. The first-order valence-corrected chi connectivity index (χ1v) is 11.1. The van der Waals surface area contributed by atoms with Gasteiger partial charge in [-0.3, -0.25) is 0 Å². The van der Waals surface area contributed by atoms with Gasteiger partial charge in [0.25, 0.3) is 0 Å². The van der Waals surface area contributed by atoms with Crippen molar-refractivity contribution in [1.29, 1.82) is 0 Å². The fourth-order valence-electron chi connectivity index (χ4n) is 2.77. The number of benzene rings is 1. The number of rotatable bonds is 14. The summed E-state index contributed by atoms with van der Waals surface area (Å²) in [4.78, 5) is 24.4. The van der Waals surface area contributed by atoms with Gasteiger partial charge in [-0.2, -0.15) is 0 Å². The Morgan fingerprint density at radius 1 is 0.962 bits per heavy atom. The Bertz CT molecular complexity index is 528. The number of carbonyl (C=O) groups excluding carboxylic acids is 1. The van der Waals surface area contributed by atoms with E-state index in [0.717, 1.165) is 19.3 Å². The van der Waals surface area contributed by atoms with Crippen LogP contribution in [0.5, 0.6) is 0 Å². The zero-order valence-electron chi connectivity index (χ0n) is 16.0. The van der Waals surface area contributed by atoms with Crippen molar-refractivity contribution in [2.45, 2.75) is 71.1 Å². The lowest BCUT2D eigenvalue weighted by Gasteiger charge is -2.07. The molecule has 1 aromatic rings. The van der Waals surface area contributed by atoms with Gasteiger partial charge < -0.3 is 14.7 Å². The maximum Gasteiger partial charge on any atom is 0.379 e. The molecule has 0 saturated carbocycles. The second kappa shape index (κ2) is 14.9. The summed E-state index contributed by atoms with van der Waals surface area (Å²) in [6.07, 6.45) is 12.1. The van der Waals surface area contributed by atoms with Gasteiger partial charge in [0, 0.05) is 0 Å². The average molecular weight is 380 g/mol. The Morgan fingerprint density at radius 2 is 1.50 bits per heavy atom. The van der Waals surface area contributed by atoms with Gasteiger partial charge in [0.2, 0.25) is 5.29 Å².